The van der Waals surface area contributed by atoms with Crippen molar-refractivity contribution in [3.05, 3.63) is 199 Å². The van der Waals surface area contributed by atoms with E-state index < -0.39 is 6.67 Å². The quantitative estimate of drug-likeness (QED) is 0.138. The van der Waals surface area contributed by atoms with E-state index in [1.165, 1.54) is 20.2 Å². The highest BCUT2D eigenvalue weighted by molar-refractivity contribution is 7.26. The van der Waals surface area contributed by atoms with Crippen molar-refractivity contribution < 1.29 is 4.39 Å². The zero-order valence-corrected chi connectivity index (χ0v) is 29.0. The number of anilines is 2. The molecule has 8 rings (SSSR count). The number of halogens is 1. The third-order valence-corrected chi connectivity index (χ3v) is 10.5. The Morgan fingerprint density at radius 2 is 1.24 bits per heavy atom. The van der Waals surface area contributed by atoms with Gasteiger partial charge in [-0.3, -0.25) is 0 Å². The Morgan fingerprint density at radius 3 is 1.94 bits per heavy atom. The van der Waals surface area contributed by atoms with Crippen molar-refractivity contribution in [2.24, 2.45) is 0 Å². The van der Waals surface area contributed by atoms with Gasteiger partial charge in [0, 0.05) is 31.5 Å². The van der Waals surface area contributed by atoms with E-state index in [4.69, 9.17) is 0 Å². The second-order valence-electron chi connectivity index (χ2n) is 12.5. The maximum absolute atomic E-state index is 15.6. The molecule has 0 spiro atoms. The number of nitrogens with zero attached hydrogens (tertiary/aromatic N) is 1. The van der Waals surface area contributed by atoms with Gasteiger partial charge in [-0.15, -0.1) is 11.3 Å². The summed E-state index contributed by atoms with van der Waals surface area (Å²) in [6.07, 6.45) is 4.00. The lowest BCUT2D eigenvalue weighted by atomic mass is 9.97. The highest BCUT2D eigenvalue weighted by atomic mass is 32.1. The average molecular weight is 676 g/mol. The normalized spacial score (nSPS) is 11.9. The van der Waals surface area contributed by atoms with Gasteiger partial charge in [0.05, 0.1) is 5.70 Å². The van der Waals surface area contributed by atoms with E-state index in [0.29, 0.717) is 5.70 Å². The van der Waals surface area contributed by atoms with Crippen molar-refractivity contribution in [3.8, 4) is 33.4 Å². The van der Waals surface area contributed by atoms with Crippen molar-refractivity contribution in [3.63, 3.8) is 0 Å². The van der Waals surface area contributed by atoms with Crippen LogP contribution in [0.15, 0.2) is 182 Å². The van der Waals surface area contributed by atoms with Crippen molar-refractivity contribution in [1.82, 2.24) is 0 Å². The van der Waals surface area contributed by atoms with Gasteiger partial charge in [-0.05, 0) is 112 Å². The second kappa shape index (κ2) is 14.3. The van der Waals surface area contributed by atoms with Crippen LogP contribution in [0.3, 0.4) is 0 Å². The molecule has 8 aromatic rings. The molecule has 0 saturated carbocycles. The Kier molecular flexibility index (Phi) is 9.00. The Hall–Kier alpha value is -6.21. The SMILES string of the molecule is C/C(=C\C=C(/CF)N(c1ccc(-c2ccccc2)cc1)c1cc(-c2cc#ccc2)cc(-c2ccccc2)c1)c1cccc2c1sc1ccccc12. The van der Waals surface area contributed by atoms with Gasteiger partial charge in [-0.2, -0.15) is 0 Å². The molecule has 0 aliphatic rings. The van der Waals surface area contributed by atoms with Crippen LogP contribution in [0.2, 0.25) is 0 Å². The van der Waals surface area contributed by atoms with E-state index in [1.807, 2.05) is 65.6 Å². The summed E-state index contributed by atoms with van der Waals surface area (Å²) in [4.78, 5) is 2.05. The second-order valence-corrected chi connectivity index (χ2v) is 13.6. The van der Waals surface area contributed by atoms with Gasteiger partial charge in [0.2, 0.25) is 0 Å². The van der Waals surface area contributed by atoms with E-state index in [2.05, 4.69) is 134 Å². The van der Waals surface area contributed by atoms with Crippen LogP contribution in [0.25, 0.3) is 59.1 Å². The number of hydrogen-bond donors (Lipinski definition) is 0. The Bertz CT molecular complexity index is 2440. The number of thiophene rings is 1. The summed E-state index contributed by atoms with van der Waals surface area (Å²) in [7, 11) is 0. The summed E-state index contributed by atoms with van der Waals surface area (Å²) in [5.74, 6) is 0. The number of allylic oxidation sites excluding steroid dienone is 4. The molecule has 0 aliphatic carbocycles. The molecule has 3 heteroatoms. The van der Waals surface area contributed by atoms with Gasteiger partial charge < -0.3 is 4.90 Å². The summed E-state index contributed by atoms with van der Waals surface area (Å²) in [5.41, 5.74) is 10.9. The standard InChI is InChI=1S/C48H34FNS/c1-34(44-21-13-22-46-45-20-11-12-23-47(45)51-48(44)46)24-27-42(33-49)50(41-28-25-38(26-29-41)35-14-5-2-6-15-35)43-31-39(36-16-7-3-8-17-36)30-40(32-43)37-18-9-4-10-19-37/h2-3,5-9,11-32H,33H2,1H3/b34-24+,42-27+. The first-order valence-electron chi connectivity index (χ1n) is 17.0. The molecule has 1 aromatic heterocycles. The Balaban J connectivity index is 1.28. The molecule has 0 aliphatic heterocycles. The predicted molar refractivity (Wildman–Crippen MR) is 216 cm³/mol. The molecular formula is C48H34FNS. The first kappa shape index (κ1) is 32.0. The summed E-state index contributed by atoms with van der Waals surface area (Å²) < 4.78 is 18.1. The van der Waals surface area contributed by atoms with Gasteiger partial charge in [0.1, 0.15) is 6.67 Å². The Morgan fingerprint density at radius 1 is 0.588 bits per heavy atom. The van der Waals surface area contributed by atoms with Gasteiger partial charge in [0.25, 0.3) is 0 Å². The number of alkyl halides is 1. The molecule has 0 amide bonds. The Labute approximate surface area is 302 Å². The van der Waals surface area contributed by atoms with Crippen LogP contribution in [-0.2, 0) is 0 Å². The van der Waals surface area contributed by atoms with Crippen molar-refractivity contribution >= 4 is 48.5 Å². The van der Waals surface area contributed by atoms with Gasteiger partial charge >= 0.3 is 0 Å². The van der Waals surface area contributed by atoms with Crippen LogP contribution in [0, 0.1) is 12.1 Å². The minimum Gasteiger partial charge on any atom is -0.312 e. The molecule has 7 aromatic carbocycles. The van der Waals surface area contributed by atoms with Crippen LogP contribution in [0.5, 0.6) is 0 Å². The zero-order valence-electron chi connectivity index (χ0n) is 28.2. The topological polar surface area (TPSA) is 3.24 Å². The summed E-state index contributed by atoms with van der Waals surface area (Å²) in [5, 5.41) is 2.51. The predicted octanol–water partition coefficient (Wildman–Crippen LogP) is 13.8. The van der Waals surface area contributed by atoms with E-state index in [9.17, 15) is 0 Å². The summed E-state index contributed by atoms with van der Waals surface area (Å²) in [6, 6.07) is 62.5. The van der Waals surface area contributed by atoms with Crippen LogP contribution in [0.1, 0.15) is 12.5 Å². The fraction of sp³-hybridized carbons (Fsp3) is 0.0417. The van der Waals surface area contributed by atoms with Crippen LogP contribution in [-0.4, -0.2) is 6.67 Å². The molecule has 0 N–H and O–H groups in total. The minimum atomic E-state index is -0.656. The zero-order chi connectivity index (χ0) is 34.6. The van der Waals surface area contributed by atoms with Crippen molar-refractivity contribution in [2.75, 3.05) is 11.6 Å². The smallest absolute Gasteiger partial charge is 0.130 e. The number of fused-ring (bicyclic) bond motifs is 3. The lowest BCUT2D eigenvalue weighted by Gasteiger charge is -2.28. The molecule has 0 atom stereocenters. The lowest BCUT2D eigenvalue weighted by Crippen LogP contribution is -2.18. The molecule has 0 bridgehead atoms. The van der Waals surface area contributed by atoms with Crippen LogP contribution < -0.4 is 4.90 Å². The highest BCUT2D eigenvalue weighted by Crippen LogP contribution is 2.40. The van der Waals surface area contributed by atoms with Gasteiger partial charge in [0.15, 0.2) is 0 Å². The molecule has 1 heterocycles. The average Bonchev–Trinajstić information content (AvgIpc) is 3.59. The molecule has 0 fully saturated rings. The largest absolute Gasteiger partial charge is 0.312 e. The fourth-order valence-electron chi connectivity index (χ4n) is 6.69. The molecule has 244 valence electrons. The van der Waals surface area contributed by atoms with Crippen molar-refractivity contribution in [1.29, 1.82) is 0 Å². The first-order chi connectivity index (χ1) is 25.2. The van der Waals surface area contributed by atoms with E-state index >= 15 is 4.39 Å². The molecule has 0 radical (unpaired) electrons. The molecule has 51 heavy (non-hydrogen) atoms. The van der Waals surface area contributed by atoms with Crippen molar-refractivity contribution in [2.45, 2.75) is 6.92 Å². The molecule has 0 unspecified atom stereocenters. The molecule has 0 saturated heterocycles. The van der Waals surface area contributed by atoms with E-state index in [-0.39, 0.29) is 0 Å². The third-order valence-electron chi connectivity index (χ3n) is 9.29. The number of benzene rings is 6. The van der Waals surface area contributed by atoms with Crippen LogP contribution in [0.4, 0.5) is 15.8 Å². The minimum absolute atomic E-state index is 0.537. The maximum Gasteiger partial charge on any atom is 0.130 e. The lowest BCUT2D eigenvalue weighted by molar-refractivity contribution is 0.538. The van der Waals surface area contributed by atoms with Crippen LogP contribution >= 0.6 is 11.3 Å². The molecular weight excluding hydrogens is 642 g/mol. The van der Waals surface area contributed by atoms with E-state index in [1.54, 1.807) is 11.3 Å². The molecule has 1 nitrogen and oxygen atoms in total. The third kappa shape index (κ3) is 6.58. The van der Waals surface area contributed by atoms with Gasteiger partial charge in [-0.25, -0.2) is 4.39 Å². The van der Waals surface area contributed by atoms with Gasteiger partial charge in [-0.1, -0.05) is 127 Å². The fourth-order valence-corrected chi connectivity index (χ4v) is 7.97. The van der Waals surface area contributed by atoms with E-state index in [0.717, 1.165) is 55.9 Å². The highest BCUT2D eigenvalue weighted by Gasteiger charge is 2.18. The summed E-state index contributed by atoms with van der Waals surface area (Å²) >= 11 is 1.80. The number of rotatable bonds is 9. The number of hydrogen-bond acceptors (Lipinski definition) is 2. The first-order valence-corrected chi connectivity index (χ1v) is 17.9. The maximum atomic E-state index is 15.6. The monoisotopic (exact) mass is 675 g/mol. The summed E-state index contributed by atoms with van der Waals surface area (Å²) in [6.45, 7) is 1.46.